The van der Waals surface area contributed by atoms with Crippen LogP contribution in [0.4, 0.5) is 0 Å². The second-order valence-electron chi connectivity index (χ2n) is 8.63. The average molecular weight is 439 g/mol. The Labute approximate surface area is 194 Å². The van der Waals surface area contributed by atoms with Gasteiger partial charge in [-0.1, -0.05) is 78.5 Å². The van der Waals surface area contributed by atoms with E-state index in [1.165, 1.54) is 64.8 Å². The molecule has 8 rings (SSSR count). The molecule has 0 unspecified atom stereocenters. The average Bonchev–Trinajstić information content (AvgIpc) is 3.39. The first kappa shape index (κ1) is 17.6. The van der Waals surface area contributed by atoms with Crippen molar-refractivity contribution in [3.8, 4) is 11.4 Å². The molecule has 0 radical (unpaired) electrons. The summed E-state index contributed by atoms with van der Waals surface area (Å²) in [6, 6.07) is 39.7. The smallest absolute Gasteiger partial charge is 0.0682 e. The molecule has 0 saturated heterocycles. The summed E-state index contributed by atoms with van der Waals surface area (Å²) in [6.45, 7) is 0. The van der Waals surface area contributed by atoms with Crippen molar-refractivity contribution in [1.82, 2.24) is 9.13 Å². The molecular formula is C30H18N2S. The number of fused-ring (bicyclic) bond motifs is 8. The van der Waals surface area contributed by atoms with Crippen molar-refractivity contribution in [2.24, 2.45) is 0 Å². The summed E-state index contributed by atoms with van der Waals surface area (Å²) in [6.07, 6.45) is 0. The normalized spacial score (nSPS) is 12.7. The third-order valence-corrected chi connectivity index (χ3v) is 7.98. The molecule has 7 aromatic rings. The Morgan fingerprint density at radius 1 is 0.455 bits per heavy atom. The van der Waals surface area contributed by atoms with Gasteiger partial charge >= 0.3 is 0 Å². The molecule has 33 heavy (non-hydrogen) atoms. The van der Waals surface area contributed by atoms with Crippen molar-refractivity contribution in [3.63, 3.8) is 0 Å². The second kappa shape index (κ2) is 6.31. The predicted octanol–water partition coefficient (Wildman–Crippen LogP) is 8.35. The molecule has 1 aliphatic rings. The standard InChI is InChI=1S/C30H18N2S/c1-4-12-24-20(9-1)21-10-2-5-13-25(21)31(24)19-17-23-22-11-3-6-14-26(22)32-27-15-7-8-16-28(27)33-29(18-19)30(23)32/h1-18H. The fraction of sp³-hybridized carbons (Fsp3) is 0. The van der Waals surface area contributed by atoms with Crippen molar-refractivity contribution in [3.05, 3.63) is 109 Å². The molecule has 1 aliphatic heterocycles. The van der Waals surface area contributed by atoms with Crippen molar-refractivity contribution in [2.75, 3.05) is 0 Å². The molecule has 0 atom stereocenters. The van der Waals surface area contributed by atoms with Crippen LogP contribution >= 0.6 is 11.8 Å². The van der Waals surface area contributed by atoms with Gasteiger partial charge in [0.2, 0.25) is 0 Å². The van der Waals surface area contributed by atoms with Gasteiger partial charge in [-0.2, -0.15) is 0 Å². The van der Waals surface area contributed by atoms with Crippen LogP contribution < -0.4 is 0 Å². The van der Waals surface area contributed by atoms with Crippen LogP contribution in [-0.2, 0) is 0 Å². The number of benzene rings is 5. The van der Waals surface area contributed by atoms with Crippen LogP contribution in [0.3, 0.4) is 0 Å². The first-order chi connectivity index (χ1) is 16.4. The van der Waals surface area contributed by atoms with E-state index in [0.717, 1.165) is 0 Å². The van der Waals surface area contributed by atoms with Crippen molar-refractivity contribution >= 4 is 55.4 Å². The molecule has 3 heterocycles. The van der Waals surface area contributed by atoms with Gasteiger partial charge in [0.05, 0.1) is 27.8 Å². The summed E-state index contributed by atoms with van der Waals surface area (Å²) in [4.78, 5) is 2.60. The van der Waals surface area contributed by atoms with Gasteiger partial charge in [0, 0.05) is 37.0 Å². The Kier molecular flexibility index (Phi) is 3.36. The Bertz CT molecular complexity index is 1850. The zero-order chi connectivity index (χ0) is 21.5. The van der Waals surface area contributed by atoms with Crippen LogP contribution in [-0.4, -0.2) is 9.13 Å². The van der Waals surface area contributed by atoms with Crippen LogP contribution in [0.25, 0.3) is 55.0 Å². The predicted molar refractivity (Wildman–Crippen MR) is 139 cm³/mol. The first-order valence-electron chi connectivity index (χ1n) is 11.2. The summed E-state index contributed by atoms with van der Waals surface area (Å²) in [5.41, 5.74) is 7.55. The number of aromatic nitrogens is 2. The van der Waals surface area contributed by atoms with Crippen LogP contribution in [0.15, 0.2) is 119 Å². The van der Waals surface area contributed by atoms with Gasteiger partial charge in [-0.15, -0.1) is 0 Å². The quantitative estimate of drug-likeness (QED) is 0.250. The lowest BCUT2D eigenvalue weighted by atomic mass is 10.1. The number of nitrogens with zero attached hydrogens (tertiary/aromatic N) is 2. The maximum absolute atomic E-state index is 2.45. The zero-order valence-electron chi connectivity index (χ0n) is 17.7. The summed E-state index contributed by atoms with van der Waals surface area (Å²) >= 11 is 1.88. The number of hydrogen-bond acceptors (Lipinski definition) is 1. The lowest BCUT2D eigenvalue weighted by Gasteiger charge is -2.21. The molecule has 0 aliphatic carbocycles. The number of para-hydroxylation sites is 4. The monoisotopic (exact) mass is 438 g/mol. The zero-order valence-corrected chi connectivity index (χ0v) is 18.5. The Hall–Kier alpha value is -3.95. The van der Waals surface area contributed by atoms with Crippen molar-refractivity contribution in [1.29, 1.82) is 0 Å². The molecule has 0 bridgehead atoms. The highest BCUT2D eigenvalue weighted by molar-refractivity contribution is 7.99. The van der Waals surface area contributed by atoms with E-state index in [4.69, 9.17) is 0 Å². The van der Waals surface area contributed by atoms with Crippen LogP contribution in [0, 0.1) is 0 Å². The lowest BCUT2D eigenvalue weighted by Crippen LogP contribution is -2.02. The Balaban J connectivity index is 1.56. The summed E-state index contributed by atoms with van der Waals surface area (Å²) in [5, 5.41) is 5.19. The summed E-state index contributed by atoms with van der Waals surface area (Å²) in [7, 11) is 0. The van der Waals surface area contributed by atoms with E-state index in [0.29, 0.717) is 0 Å². The number of hydrogen-bond donors (Lipinski definition) is 0. The molecule has 154 valence electrons. The molecule has 0 amide bonds. The minimum absolute atomic E-state index is 1.21. The van der Waals surface area contributed by atoms with E-state index in [9.17, 15) is 0 Å². The van der Waals surface area contributed by atoms with Crippen LogP contribution in [0.1, 0.15) is 0 Å². The van der Waals surface area contributed by atoms with Crippen molar-refractivity contribution in [2.45, 2.75) is 9.79 Å². The molecule has 2 nitrogen and oxygen atoms in total. The fourth-order valence-corrected chi connectivity index (χ4v) is 6.68. The molecule has 0 spiro atoms. The molecule has 3 heteroatoms. The van der Waals surface area contributed by atoms with Crippen LogP contribution in [0.2, 0.25) is 0 Å². The van der Waals surface area contributed by atoms with Gasteiger partial charge < -0.3 is 9.13 Å². The summed E-state index contributed by atoms with van der Waals surface area (Å²) in [5.74, 6) is 0. The summed E-state index contributed by atoms with van der Waals surface area (Å²) < 4.78 is 4.87. The highest BCUT2D eigenvalue weighted by Crippen LogP contribution is 2.48. The molecule has 0 saturated carbocycles. The molecule has 2 aromatic heterocycles. The van der Waals surface area contributed by atoms with Gasteiger partial charge in [0.15, 0.2) is 0 Å². The third kappa shape index (κ3) is 2.25. The van der Waals surface area contributed by atoms with Gasteiger partial charge in [-0.05, 0) is 42.5 Å². The van der Waals surface area contributed by atoms with E-state index < -0.39 is 0 Å². The molecule has 0 fully saturated rings. The SMILES string of the molecule is c1ccc2c(c1)Sc1cc(-n3c4ccccc4c4ccccc43)cc3c4ccccc4n-2c13. The van der Waals surface area contributed by atoms with Gasteiger partial charge in [-0.3, -0.25) is 0 Å². The highest BCUT2D eigenvalue weighted by Gasteiger charge is 2.24. The molecular weight excluding hydrogens is 420 g/mol. The van der Waals surface area contributed by atoms with E-state index in [1.807, 2.05) is 11.8 Å². The largest absolute Gasteiger partial charge is 0.309 e. The van der Waals surface area contributed by atoms with Gasteiger partial charge in [0.25, 0.3) is 0 Å². The second-order valence-corrected chi connectivity index (χ2v) is 9.72. The van der Waals surface area contributed by atoms with E-state index in [1.54, 1.807) is 0 Å². The number of rotatable bonds is 1. The minimum atomic E-state index is 1.21. The minimum Gasteiger partial charge on any atom is -0.309 e. The van der Waals surface area contributed by atoms with Crippen molar-refractivity contribution < 1.29 is 0 Å². The maximum atomic E-state index is 2.45. The van der Waals surface area contributed by atoms with Gasteiger partial charge in [-0.25, -0.2) is 0 Å². The first-order valence-corrected chi connectivity index (χ1v) is 12.0. The maximum Gasteiger partial charge on any atom is 0.0682 e. The van der Waals surface area contributed by atoms with E-state index in [2.05, 4.69) is 118 Å². The Morgan fingerprint density at radius 2 is 1.00 bits per heavy atom. The highest BCUT2D eigenvalue weighted by atomic mass is 32.2. The lowest BCUT2D eigenvalue weighted by molar-refractivity contribution is 1.08. The third-order valence-electron chi connectivity index (χ3n) is 6.88. The topological polar surface area (TPSA) is 9.86 Å². The fourth-order valence-electron chi connectivity index (χ4n) is 5.55. The van der Waals surface area contributed by atoms with Crippen LogP contribution in [0.5, 0.6) is 0 Å². The van der Waals surface area contributed by atoms with E-state index >= 15 is 0 Å². The van der Waals surface area contributed by atoms with Gasteiger partial charge in [0.1, 0.15) is 0 Å². The molecule has 5 aromatic carbocycles. The molecule has 0 N–H and O–H groups in total. The van der Waals surface area contributed by atoms with E-state index in [-0.39, 0.29) is 0 Å². The Morgan fingerprint density at radius 3 is 1.70 bits per heavy atom.